The fourth-order valence-corrected chi connectivity index (χ4v) is 7.37. The van der Waals surface area contributed by atoms with E-state index >= 15 is 0 Å². The van der Waals surface area contributed by atoms with Crippen LogP contribution in [0, 0.1) is 0 Å². The van der Waals surface area contributed by atoms with E-state index in [9.17, 15) is 14.7 Å². The fourth-order valence-electron chi connectivity index (χ4n) is 7.37. The number of para-hydroxylation sites is 2. The molecular weight excluding hydrogens is 681 g/mol. The van der Waals surface area contributed by atoms with Crippen molar-refractivity contribution in [2.75, 3.05) is 37.9 Å². The van der Waals surface area contributed by atoms with Crippen LogP contribution in [0.25, 0.3) is 11.1 Å². The number of hydrogen-bond acceptors (Lipinski definition) is 8. The summed E-state index contributed by atoms with van der Waals surface area (Å²) in [7, 11) is 1.77. The Labute approximate surface area is 319 Å². The molecule has 5 N–H and O–H groups in total. The molecule has 0 aromatic heterocycles. The Morgan fingerprint density at radius 1 is 0.852 bits per heavy atom. The number of carbonyl (C=O) groups excluding carboxylic acids is 2. The molecule has 4 unspecified atom stereocenters. The number of benzene rings is 4. The van der Waals surface area contributed by atoms with Crippen molar-refractivity contribution >= 4 is 23.2 Å². The van der Waals surface area contributed by atoms with Gasteiger partial charge < -0.3 is 35.7 Å². The van der Waals surface area contributed by atoms with Crippen LogP contribution < -0.4 is 16.4 Å². The van der Waals surface area contributed by atoms with Gasteiger partial charge in [0.05, 0.1) is 36.8 Å². The first-order valence-corrected chi connectivity index (χ1v) is 19.2. The molecule has 0 saturated carbocycles. The third kappa shape index (κ3) is 11.0. The van der Waals surface area contributed by atoms with Gasteiger partial charge in [-0.2, -0.15) is 0 Å². The maximum Gasteiger partial charge on any atom is 0.224 e. The van der Waals surface area contributed by atoms with E-state index < -0.39 is 6.29 Å². The Bertz CT molecular complexity index is 1800. The van der Waals surface area contributed by atoms with E-state index in [4.69, 9.17) is 19.9 Å². The lowest BCUT2D eigenvalue weighted by Gasteiger charge is -2.38. The van der Waals surface area contributed by atoms with Gasteiger partial charge in [0.1, 0.15) is 0 Å². The van der Waals surface area contributed by atoms with E-state index in [1.165, 1.54) is 0 Å². The van der Waals surface area contributed by atoms with Crippen molar-refractivity contribution in [1.82, 2.24) is 10.2 Å². The molecule has 0 spiro atoms. The molecule has 0 radical (unpaired) electrons. The predicted molar refractivity (Wildman–Crippen MR) is 211 cm³/mol. The van der Waals surface area contributed by atoms with E-state index in [2.05, 4.69) is 51.9 Å². The largest absolute Gasteiger partial charge is 0.397 e. The van der Waals surface area contributed by atoms with Crippen LogP contribution in [0.4, 0.5) is 11.4 Å². The first kappa shape index (κ1) is 39.1. The van der Waals surface area contributed by atoms with Crippen molar-refractivity contribution in [3.05, 3.63) is 119 Å². The molecule has 0 bridgehead atoms. The molecule has 4 atom stereocenters. The summed E-state index contributed by atoms with van der Waals surface area (Å²) < 4.78 is 18.8. The molecule has 10 heteroatoms. The smallest absolute Gasteiger partial charge is 0.224 e. The summed E-state index contributed by atoms with van der Waals surface area (Å²) in [5, 5.41) is 15.5. The van der Waals surface area contributed by atoms with Gasteiger partial charge in [-0.25, -0.2) is 0 Å². The lowest BCUT2D eigenvalue weighted by Crippen LogP contribution is -2.42. The fraction of sp³-hybridized carbons (Fsp3) is 0.409. The topological polar surface area (TPSA) is 135 Å². The summed E-state index contributed by atoms with van der Waals surface area (Å²) in [6, 6.07) is 32.2. The van der Waals surface area contributed by atoms with Gasteiger partial charge in [0.15, 0.2) is 6.29 Å². The average molecular weight is 735 g/mol. The number of aliphatic hydroxyl groups is 1. The minimum atomic E-state index is -0.517. The zero-order valence-electron chi connectivity index (χ0n) is 31.3. The van der Waals surface area contributed by atoms with Crippen LogP contribution in [0.1, 0.15) is 86.0 Å². The van der Waals surface area contributed by atoms with Crippen LogP contribution >= 0.6 is 0 Å². The zero-order chi connectivity index (χ0) is 37.7. The molecule has 2 aliphatic heterocycles. The van der Waals surface area contributed by atoms with Crippen LogP contribution in [-0.2, 0) is 37.0 Å². The quantitative estimate of drug-likeness (QED) is 0.0657. The number of nitrogens with zero attached hydrogens (tertiary/aromatic N) is 1. The summed E-state index contributed by atoms with van der Waals surface area (Å²) in [4.78, 5) is 27.3. The SMILES string of the molecule is COCC1CCCN1CC1CC(c2ccc(CO)cc2)OC(c2ccc(-c3cccc(CNC(=O)CCCCCC(=O)Nc4ccccc4N)c3)cc2)O1. The first-order valence-electron chi connectivity index (χ1n) is 19.2. The number of methoxy groups -OCH3 is 1. The minimum absolute atomic E-state index is 0.00125. The Morgan fingerprint density at radius 2 is 1.61 bits per heavy atom. The number of ether oxygens (including phenoxy) is 3. The monoisotopic (exact) mass is 734 g/mol. The minimum Gasteiger partial charge on any atom is -0.397 e. The number of anilines is 2. The number of amides is 2. The van der Waals surface area contributed by atoms with Gasteiger partial charge in [-0.05, 0) is 78.2 Å². The van der Waals surface area contributed by atoms with E-state index in [1.54, 1.807) is 19.2 Å². The van der Waals surface area contributed by atoms with Crippen LogP contribution in [-0.4, -0.2) is 60.8 Å². The summed E-state index contributed by atoms with van der Waals surface area (Å²) in [5.74, 6) is -0.0744. The number of aliphatic hydroxyl groups excluding tert-OH is 1. The molecule has 0 aliphatic carbocycles. The Kier molecular flexibility index (Phi) is 14.2. The molecule has 10 nitrogen and oxygen atoms in total. The van der Waals surface area contributed by atoms with Crippen molar-refractivity contribution in [2.45, 2.75) is 89.1 Å². The maximum absolute atomic E-state index is 12.6. The molecule has 286 valence electrons. The lowest BCUT2D eigenvalue weighted by molar-refractivity contribution is -0.253. The predicted octanol–water partition coefficient (Wildman–Crippen LogP) is 7.29. The lowest BCUT2D eigenvalue weighted by atomic mass is 9.98. The van der Waals surface area contributed by atoms with Crippen molar-refractivity contribution in [2.24, 2.45) is 0 Å². The molecule has 2 aliphatic rings. The molecule has 4 aromatic rings. The second-order valence-electron chi connectivity index (χ2n) is 14.4. The van der Waals surface area contributed by atoms with Gasteiger partial charge in [-0.3, -0.25) is 14.5 Å². The summed E-state index contributed by atoms with van der Waals surface area (Å²) >= 11 is 0. The standard InChI is InChI=1S/C44H54N4O6/c1-52-30-37-11-8-24-48(37)28-38-26-41(34-18-16-31(29-49)17-19-34)54-44(53-38)35-22-20-33(21-23-35)36-10-7-9-32(25-36)27-46-42(50)14-3-2-4-15-43(51)47-40-13-6-5-12-39(40)45/h5-7,9-10,12-13,16-23,25,37-38,41,44,49H,2-4,8,11,14-15,24,26-30,45H2,1H3,(H,46,50)(H,47,51). The third-order valence-corrected chi connectivity index (χ3v) is 10.4. The van der Waals surface area contributed by atoms with E-state index in [-0.39, 0.29) is 30.6 Å². The zero-order valence-corrected chi connectivity index (χ0v) is 31.3. The van der Waals surface area contributed by atoms with Gasteiger partial charge in [0, 0.05) is 51.1 Å². The molecule has 2 heterocycles. The molecule has 54 heavy (non-hydrogen) atoms. The molecule has 4 aromatic carbocycles. The first-order chi connectivity index (χ1) is 26.4. The molecule has 6 rings (SSSR count). The number of likely N-dealkylation sites (tertiary alicyclic amines) is 1. The third-order valence-electron chi connectivity index (χ3n) is 10.4. The summed E-state index contributed by atoms with van der Waals surface area (Å²) in [6.07, 6.45) is 5.41. The normalized spacial score (nSPS) is 20.1. The molecule has 2 saturated heterocycles. The number of hydrogen-bond donors (Lipinski definition) is 4. The number of nitrogen functional groups attached to an aromatic ring is 1. The highest BCUT2D eigenvalue weighted by Gasteiger charge is 2.35. The van der Waals surface area contributed by atoms with Crippen molar-refractivity contribution in [3.8, 4) is 11.1 Å². The molecule has 2 amide bonds. The van der Waals surface area contributed by atoms with Gasteiger partial charge >= 0.3 is 0 Å². The Hall–Kier alpha value is -4.58. The number of rotatable bonds is 17. The highest BCUT2D eigenvalue weighted by Crippen LogP contribution is 2.39. The summed E-state index contributed by atoms with van der Waals surface area (Å²) in [6.45, 7) is 3.05. The van der Waals surface area contributed by atoms with Crippen LogP contribution in [0.2, 0.25) is 0 Å². The van der Waals surface area contributed by atoms with Crippen LogP contribution in [0.3, 0.4) is 0 Å². The van der Waals surface area contributed by atoms with Gasteiger partial charge in [0.2, 0.25) is 11.8 Å². The number of nitrogens with one attached hydrogen (secondary N) is 2. The number of carbonyl (C=O) groups is 2. The van der Waals surface area contributed by atoms with Gasteiger partial charge in [-0.1, -0.05) is 85.3 Å². The molecule has 2 fully saturated rings. The summed E-state index contributed by atoms with van der Waals surface area (Å²) in [5.41, 5.74) is 13.1. The Morgan fingerprint density at radius 3 is 2.37 bits per heavy atom. The van der Waals surface area contributed by atoms with Crippen LogP contribution in [0.15, 0.2) is 97.1 Å². The highest BCUT2D eigenvalue weighted by atomic mass is 16.7. The van der Waals surface area contributed by atoms with E-state index in [0.717, 1.165) is 85.2 Å². The second-order valence-corrected chi connectivity index (χ2v) is 14.4. The number of nitrogens with two attached hydrogens (primary N) is 1. The van der Waals surface area contributed by atoms with Crippen LogP contribution in [0.5, 0.6) is 0 Å². The van der Waals surface area contributed by atoms with Crippen molar-refractivity contribution < 1.29 is 28.9 Å². The van der Waals surface area contributed by atoms with E-state index in [0.29, 0.717) is 43.2 Å². The molecular formula is C44H54N4O6. The maximum atomic E-state index is 12.6. The van der Waals surface area contributed by atoms with Gasteiger partial charge in [-0.15, -0.1) is 0 Å². The number of unbranched alkanes of at least 4 members (excludes halogenated alkanes) is 2. The van der Waals surface area contributed by atoms with Gasteiger partial charge in [0.25, 0.3) is 0 Å². The van der Waals surface area contributed by atoms with Crippen molar-refractivity contribution in [1.29, 1.82) is 0 Å². The van der Waals surface area contributed by atoms with Crippen molar-refractivity contribution in [3.63, 3.8) is 0 Å². The Balaban J connectivity index is 1.00. The highest BCUT2D eigenvalue weighted by molar-refractivity contribution is 5.93. The average Bonchev–Trinajstić information content (AvgIpc) is 3.64. The van der Waals surface area contributed by atoms with E-state index in [1.807, 2.05) is 48.5 Å². The second kappa shape index (κ2) is 19.7.